The number of hydrogen-bond donors (Lipinski definition) is 1. The lowest BCUT2D eigenvalue weighted by atomic mass is 9.97. The second-order valence-electron chi connectivity index (χ2n) is 8.61. The number of nitrogens with zero attached hydrogens (tertiary/aromatic N) is 3. The second-order valence-corrected chi connectivity index (χ2v) is 8.61. The van der Waals surface area contributed by atoms with Crippen molar-refractivity contribution in [1.29, 1.82) is 0 Å². The number of amides is 1. The van der Waals surface area contributed by atoms with Crippen LogP contribution < -0.4 is 10.2 Å². The first-order valence-electron chi connectivity index (χ1n) is 10.1. The van der Waals surface area contributed by atoms with Crippen LogP contribution in [0.4, 0.5) is 5.88 Å². The molecule has 4 heterocycles. The van der Waals surface area contributed by atoms with E-state index in [2.05, 4.69) is 47.8 Å². The number of aromatic nitrogens is 1. The van der Waals surface area contributed by atoms with Crippen molar-refractivity contribution in [2.45, 2.75) is 58.7 Å². The number of anilines is 1. The minimum absolute atomic E-state index is 0.105. The molecule has 2 aromatic rings. The van der Waals surface area contributed by atoms with Crippen molar-refractivity contribution in [2.75, 3.05) is 24.5 Å². The zero-order valence-electron chi connectivity index (χ0n) is 16.7. The number of nitrogens with one attached hydrogen (secondary N) is 1. The third kappa shape index (κ3) is 3.68. The van der Waals surface area contributed by atoms with Gasteiger partial charge in [-0.05, 0) is 53.0 Å². The SMILES string of the molecule is CC(C)N(c1cc2cnc(C(=O)N[C@@H]3C[C@@H]4CCN(C4)C3)cc2o1)C(C)C. The number of carbonyl (C=O) groups is 1. The molecular weight excluding hydrogens is 340 g/mol. The summed E-state index contributed by atoms with van der Waals surface area (Å²) in [6.45, 7) is 11.9. The molecule has 2 aliphatic heterocycles. The third-order valence-electron chi connectivity index (χ3n) is 5.79. The Bertz CT molecular complexity index is 809. The predicted octanol–water partition coefficient (Wildman–Crippen LogP) is 3.28. The molecule has 2 aliphatic rings. The van der Waals surface area contributed by atoms with Gasteiger partial charge in [0.05, 0.1) is 0 Å². The molecule has 2 bridgehead atoms. The van der Waals surface area contributed by atoms with E-state index in [4.69, 9.17) is 4.42 Å². The van der Waals surface area contributed by atoms with Crippen molar-refractivity contribution in [1.82, 2.24) is 15.2 Å². The molecular formula is C21H30N4O2. The second kappa shape index (κ2) is 7.15. The Morgan fingerprint density at radius 1 is 1.26 bits per heavy atom. The highest BCUT2D eigenvalue weighted by atomic mass is 16.4. The summed E-state index contributed by atoms with van der Waals surface area (Å²) in [5.41, 5.74) is 1.14. The van der Waals surface area contributed by atoms with Gasteiger partial charge in [0.25, 0.3) is 5.91 Å². The molecule has 1 unspecified atom stereocenters. The molecule has 4 rings (SSSR count). The zero-order chi connectivity index (χ0) is 19.1. The van der Waals surface area contributed by atoms with Crippen LogP contribution in [0.25, 0.3) is 11.0 Å². The summed E-state index contributed by atoms with van der Waals surface area (Å²) in [4.78, 5) is 21.8. The molecule has 0 aromatic carbocycles. The van der Waals surface area contributed by atoms with Crippen LogP contribution in [0.5, 0.6) is 0 Å². The minimum Gasteiger partial charge on any atom is -0.440 e. The molecule has 27 heavy (non-hydrogen) atoms. The van der Waals surface area contributed by atoms with Gasteiger partial charge < -0.3 is 19.5 Å². The quantitative estimate of drug-likeness (QED) is 0.875. The average Bonchev–Trinajstić information content (AvgIpc) is 3.15. The van der Waals surface area contributed by atoms with Crippen LogP contribution in [0.15, 0.2) is 22.7 Å². The Kier molecular flexibility index (Phi) is 4.84. The Balaban J connectivity index is 1.51. The van der Waals surface area contributed by atoms with E-state index in [-0.39, 0.29) is 11.9 Å². The first kappa shape index (κ1) is 18.3. The van der Waals surface area contributed by atoms with E-state index in [0.29, 0.717) is 23.4 Å². The fourth-order valence-corrected chi connectivity index (χ4v) is 4.70. The summed E-state index contributed by atoms with van der Waals surface area (Å²) in [6, 6.07) is 4.66. The highest BCUT2D eigenvalue weighted by molar-refractivity contribution is 5.95. The molecule has 3 atom stereocenters. The van der Waals surface area contributed by atoms with Crippen molar-refractivity contribution < 1.29 is 9.21 Å². The Morgan fingerprint density at radius 3 is 2.74 bits per heavy atom. The Morgan fingerprint density at radius 2 is 2.04 bits per heavy atom. The third-order valence-corrected chi connectivity index (χ3v) is 5.79. The fraction of sp³-hybridized carbons (Fsp3) is 0.619. The zero-order valence-corrected chi connectivity index (χ0v) is 16.7. The molecule has 0 spiro atoms. The first-order chi connectivity index (χ1) is 12.9. The van der Waals surface area contributed by atoms with E-state index >= 15 is 0 Å². The molecule has 0 radical (unpaired) electrons. The van der Waals surface area contributed by atoms with Gasteiger partial charge in [-0.15, -0.1) is 0 Å². The highest BCUT2D eigenvalue weighted by Gasteiger charge is 2.33. The van der Waals surface area contributed by atoms with Gasteiger partial charge in [0.1, 0.15) is 11.3 Å². The molecule has 2 fully saturated rings. The smallest absolute Gasteiger partial charge is 0.270 e. The van der Waals surface area contributed by atoms with Crippen molar-refractivity contribution >= 4 is 22.8 Å². The standard InChI is InChI=1S/C21H30N4O2/c1-13(2)25(14(3)4)20-8-16-10-22-18(9-19(16)27-20)21(26)23-17-7-15-5-6-24(11-15)12-17/h8-10,13-15,17H,5-7,11-12H2,1-4H3,(H,23,26)/t15-,17+/m0/s1. The lowest BCUT2D eigenvalue weighted by Gasteiger charge is -2.30. The maximum Gasteiger partial charge on any atom is 0.270 e. The number of pyridine rings is 1. The molecule has 2 aromatic heterocycles. The number of carbonyl (C=O) groups excluding carboxylic acids is 1. The van der Waals surface area contributed by atoms with Gasteiger partial charge in [-0.3, -0.25) is 9.78 Å². The van der Waals surface area contributed by atoms with Gasteiger partial charge in [-0.1, -0.05) is 0 Å². The normalized spacial score (nSPS) is 24.7. The van der Waals surface area contributed by atoms with E-state index in [1.54, 1.807) is 12.3 Å². The van der Waals surface area contributed by atoms with Gasteiger partial charge in [0.15, 0.2) is 5.88 Å². The molecule has 1 amide bonds. The van der Waals surface area contributed by atoms with E-state index < -0.39 is 0 Å². The summed E-state index contributed by atoms with van der Waals surface area (Å²) < 4.78 is 6.08. The van der Waals surface area contributed by atoms with Gasteiger partial charge in [0, 0.05) is 54.9 Å². The molecule has 0 saturated carbocycles. The van der Waals surface area contributed by atoms with Crippen LogP contribution in [0, 0.1) is 5.92 Å². The van der Waals surface area contributed by atoms with E-state index in [1.807, 2.05) is 6.07 Å². The summed E-state index contributed by atoms with van der Waals surface area (Å²) in [6.07, 6.45) is 4.07. The van der Waals surface area contributed by atoms with Gasteiger partial charge >= 0.3 is 0 Å². The monoisotopic (exact) mass is 370 g/mol. The van der Waals surface area contributed by atoms with E-state index in [1.165, 1.54) is 19.5 Å². The average molecular weight is 370 g/mol. The Hall–Kier alpha value is -2.08. The first-order valence-corrected chi connectivity index (χ1v) is 10.1. The van der Waals surface area contributed by atoms with Gasteiger partial charge in [-0.25, -0.2) is 0 Å². The molecule has 1 N–H and O–H groups in total. The van der Waals surface area contributed by atoms with Crippen molar-refractivity contribution in [2.24, 2.45) is 5.92 Å². The molecule has 146 valence electrons. The molecule has 6 nitrogen and oxygen atoms in total. The fourth-order valence-electron chi connectivity index (χ4n) is 4.70. The van der Waals surface area contributed by atoms with E-state index in [0.717, 1.165) is 30.2 Å². The topological polar surface area (TPSA) is 61.6 Å². The molecule has 0 aliphatic carbocycles. The van der Waals surface area contributed by atoms with Crippen LogP contribution in [0.2, 0.25) is 0 Å². The number of furan rings is 1. The van der Waals surface area contributed by atoms with Crippen LogP contribution in [-0.4, -0.2) is 53.6 Å². The summed E-state index contributed by atoms with van der Waals surface area (Å²) in [7, 11) is 0. The van der Waals surface area contributed by atoms with Gasteiger partial charge in [0.2, 0.25) is 0 Å². The number of piperidine rings is 1. The minimum atomic E-state index is -0.105. The van der Waals surface area contributed by atoms with Crippen molar-refractivity contribution in [3.05, 3.63) is 24.0 Å². The van der Waals surface area contributed by atoms with Crippen molar-refractivity contribution in [3.8, 4) is 0 Å². The summed E-state index contributed by atoms with van der Waals surface area (Å²) >= 11 is 0. The molecule has 2 saturated heterocycles. The number of rotatable bonds is 5. The van der Waals surface area contributed by atoms with Crippen molar-refractivity contribution in [3.63, 3.8) is 0 Å². The molecule has 6 heteroatoms. The van der Waals surface area contributed by atoms with Gasteiger partial charge in [-0.2, -0.15) is 0 Å². The number of fused-ring (bicyclic) bond motifs is 3. The number of hydrogen-bond acceptors (Lipinski definition) is 5. The lowest BCUT2D eigenvalue weighted by molar-refractivity contribution is 0.0904. The highest BCUT2D eigenvalue weighted by Crippen LogP contribution is 2.29. The summed E-state index contributed by atoms with van der Waals surface area (Å²) in [5, 5.41) is 4.10. The summed E-state index contributed by atoms with van der Waals surface area (Å²) in [5.74, 6) is 1.45. The van der Waals surface area contributed by atoms with Crippen LogP contribution in [-0.2, 0) is 0 Å². The maximum absolute atomic E-state index is 12.7. The largest absolute Gasteiger partial charge is 0.440 e. The lowest BCUT2D eigenvalue weighted by Crippen LogP contribution is -2.47. The van der Waals surface area contributed by atoms with Crippen LogP contribution in [0.1, 0.15) is 51.0 Å². The Labute approximate surface area is 160 Å². The predicted molar refractivity (Wildman–Crippen MR) is 107 cm³/mol. The maximum atomic E-state index is 12.7. The van der Waals surface area contributed by atoms with E-state index in [9.17, 15) is 4.79 Å². The van der Waals surface area contributed by atoms with Crippen LogP contribution in [0.3, 0.4) is 0 Å². The van der Waals surface area contributed by atoms with Crippen LogP contribution >= 0.6 is 0 Å².